The van der Waals surface area contributed by atoms with Crippen LogP contribution in [-0.2, 0) is 31.9 Å². The molecule has 0 bridgehead atoms. The molecule has 3 aromatic heterocycles. The maximum absolute atomic E-state index is 9.40. The fourth-order valence-corrected chi connectivity index (χ4v) is 8.72. The molecular weight excluding hydrogens is 942 g/mol. The Morgan fingerprint density at radius 1 is 0.774 bits per heavy atom. The van der Waals surface area contributed by atoms with Crippen LogP contribution in [0.25, 0.3) is 38.8 Å². The van der Waals surface area contributed by atoms with E-state index in [0.717, 1.165) is 77.8 Å². The number of hydrogen-bond acceptors (Lipinski definition) is 3. The van der Waals surface area contributed by atoms with Gasteiger partial charge in [-0.3, -0.25) is 4.98 Å². The molecule has 0 amide bonds. The number of para-hydroxylation sites is 3. The van der Waals surface area contributed by atoms with Crippen molar-refractivity contribution in [3.8, 4) is 28.4 Å². The second-order valence-corrected chi connectivity index (χ2v) is 18.6. The summed E-state index contributed by atoms with van der Waals surface area (Å²) in [6.07, 6.45) is 5.50. The first-order chi connectivity index (χ1) is 30.7. The first kappa shape index (κ1) is 37.8. The number of aromatic nitrogens is 3. The molecule has 4 heterocycles. The Morgan fingerprint density at radius 3 is 2.19 bits per heavy atom. The number of ether oxygens (including phenoxy) is 1. The van der Waals surface area contributed by atoms with E-state index in [9.17, 15) is 2.74 Å². The van der Waals surface area contributed by atoms with Crippen molar-refractivity contribution in [3.05, 3.63) is 161 Å². The summed E-state index contributed by atoms with van der Waals surface area (Å²) in [6.45, 7) is 23.6. The summed E-state index contributed by atoms with van der Waals surface area (Å²) in [5.41, 5.74) is 11.6. The molecule has 0 atom stereocenters. The van der Waals surface area contributed by atoms with Gasteiger partial charge in [0.2, 0.25) is 5.69 Å². The first-order valence-electron chi connectivity index (χ1n) is 22.9. The van der Waals surface area contributed by atoms with Gasteiger partial charge in [-0.1, -0.05) is 126 Å². The fraction of sp³-hybridized carbons (Fsp3) is 0.255. The van der Waals surface area contributed by atoms with Crippen molar-refractivity contribution in [2.75, 3.05) is 0 Å². The van der Waals surface area contributed by atoms with Gasteiger partial charge < -0.3 is 9.30 Å². The third-order valence-electron chi connectivity index (χ3n) is 11.6. The standard InChI is InChI=1S/C55H53N5O.Pt/c1-34(2)43-15-14-16-46(55(9,10)11)53(43)59-33-58(47-17-12-13-18-48(47)59)40-27-38(52-36(4)25-35(3)26-37(52)5)28-42(30-40)61-41-19-20-44-45-22-23-56-32-50(45)60(49(44)31-41)51-29-39(21-24-57-51)54(6,7)8;/h12-29,32,34H,1-11H3;/q;+2/i12D,13D,17D,18D;. The third kappa shape index (κ3) is 7.65. The molecule has 1 aliphatic rings. The van der Waals surface area contributed by atoms with Crippen molar-refractivity contribution < 1.29 is 31.3 Å². The minimum atomic E-state index is -0.329. The van der Waals surface area contributed by atoms with Gasteiger partial charge in [0, 0.05) is 47.1 Å². The number of hydrogen-bond donors (Lipinski definition) is 0. The predicted molar refractivity (Wildman–Crippen MR) is 252 cm³/mol. The quantitative estimate of drug-likeness (QED) is 0.118. The second-order valence-electron chi connectivity index (χ2n) is 18.6. The number of aryl methyl sites for hydroxylation is 3. The van der Waals surface area contributed by atoms with Crippen molar-refractivity contribution in [3.63, 3.8) is 0 Å². The zero-order valence-corrected chi connectivity index (χ0v) is 39.5. The molecule has 312 valence electrons. The Labute approximate surface area is 386 Å². The maximum Gasteiger partial charge on any atom is 2.00 e. The second kappa shape index (κ2) is 16.1. The summed E-state index contributed by atoms with van der Waals surface area (Å²) in [7, 11) is 0. The molecule has 8 aromatic rings. The summed E-state index contributed by atoms with van der Waals surface area (Å²) < 4.78 is 49.0. The Kier molecular flexibility index (Phi) is 9.80. The van der Waals surface area contributed by atoms with Crippen molar-refractivity contribution in [1.82, 2.24) is 23.7 Å². The molecule has 62 heavy (non-hydrogen) atoms. The molecule has 0 spiro atoms. The molecule has 0 saturated carbocycles. The van der Waals surface area contributed by atoms with E-state index < -0.39 is 0 Å². The molecule has 0 fully saturated rings. The van der Waals surface area contributed by atoms with Crippen LogP contribution in [-0.4, -0.2) is 20.5 Å². The van der Waals surface area contributed by atoms with Gasteiger partial charge in [0.05, 0.1) is 17.2 Å². The van der Waals surface area contributed by atoms with Crippen LogP contribution in [0.4, 0.5) is 22.7 Å². The van der Waals surface area contributed by atoms with Crippen LogP contribution >= 0.6 is 0 Å². The van der Waals surface area contributed by atoms with Gasteiger partial charge in [0.1, 0.15) is 11.5 Å². The maximum atomic E-state index is 9.40. The summed E-state index contributed by atoms with van der Waals surface area (Å²) in [5, 5.41) is 1.99. The van der Waals surface area contributed by atoms with Crippen LogP contribution in [0.3, 0.4) is 0 Å². The van der Waals surface area contributed by atoms with Gasteiger partial charge in [-0.2, -0.15) is 6.07 Å². The molecule has 9 rings (SSSR count). The molecule has 0 unspecified atom stereocenters. The zero-order valence-electron chi connectivity index (χ0n) is 41.2. The molecule has 0 aliphatic carbocycles. The molecule has 0 N–H and O–H groups in total. The van der Waals surface area contributed by atoms with E-state index in [1.807, 2.05) is 47.3 Å². The van der Waals surface area contributed by atoms with E-state index in [1.165, 1.54) is 0 Å². The van der Waals surface area contributed by atoms with Crippen LogP contribution in [0, 0.1) is 32.9 Å². The van der Waals surface area contributed by atoms with E-state index in [1.54, 1.807) is 10.8 Å². The average molecular weight is 999 g/mol. The van der Waals surface area contributed by atoms with Crippen LogP contribution in [0.15, 0.2) is 116 Å². The van der Waals surface area contributed by atoms with Crippen molar-refractivity contribution >= 4 is 50.6 Å². The average Bonchev–Trinajstić information content (AvgIpc) is 3.80. The largest absolute Gasteiger partial charge is 2.00 e. The van der Waals surface area contributed by atoms with Gasteiger partial charge in [0.15, 0.2) is 0 Å². The number of benzene rings is 5. The SMILES string of the molecule is [2H]c1c([2H])c([2H])c2c(c1[2H])[N+](c1[c-]c(Oc3[c-]c4c(cc3)c3ccncc3n4-c3cc(C(C)(C)C)ccn3)cc(-c3c(C)cc(C)cc3C)c1)=C=[N+]2c1c(C(C)C)cccc1C(C)(C)C.[Pt+2]. The van der Waals surface area contributed by atoms with Gasteiger partial charge in [-0.25, -0.2) is 4.98 Å². The monoisotopic (exact) mass is 998 g/mol. The van der Waals surface area contributed by atoms with Gasteiger partial charge in [-0.15, -0.1) is 29.1 Å². The molecule has 0 saturated heterocycles. The van der Waals surface area contributed by atoms with Gasteiger partial charge in [0.25, 0.3) is 11.4 Å². The van der Waals surface area contributed by atoms with Crippen molar-refractivity contribution in [2.45, 2.75) is 92.9 Å². The summed E-state index contributed by atoms with van der Waals surface area (Å²) >= 11 is 0. The Balaban J connectivity index is 0.00000592. The number of pyridine rings is 2. The Bertz CT molecular complexity index is 3350. The minimum absolute atomic E-state index is 0. The predicted octanol–water partition coefficient (Wildman–Crippen LogP) is 14.1. The molecule has 6 nitrogen and oxygen atoms in total. The van der Waals surface area contributed by atoms with Gasteiger partial charge in [-0.05, 0) is 87.9 Å². The summed E-state index contributed by atoms with van der Waals surface area (Å²) in [6, 6.07) is 34.4. The Morgan fingerprint density at radius 2 is 1.50 bits per heavy atom. The minimum Gasteiger partial charge on any atom is -0.509 e. The van der Waals surface area contributed by atoms with E-state index in [2.05, 4.69) is 146 Å². The number of nitrogens with zero attached hydrogens (tertiary/aromatic N) is 5. The molecule has 5 aromatic carbocycles. The normalized spacial score (nSPS) is 13.6. The summed E-state index contributed by atoms with van der Waals surface area (Å²) in [4.78, 5) is 9.33. The van der Waals surface area contributed by atoms with E-state index >= 15 is 0 Å². The molecule has 1 aliphatic heterocycles. The third-order valence-corrected chi connectivity index (χ3v) is 11.6. The van der Waals surface area contributed by atoms with E-state index in [4.69, 9.17) is 12.5 Å². The molecule has 7 heteroatoms. The number of fused-ring (bicyclic) bond motifs is 4. The zero-order chi connectivity index (χ0) is 46.4. The smallest absolute Gasteiger partial charge is 0.509 e. The number of rotatable bonds is 7. The van der Waals surface area contributed by atoms with Crippen LogP contribution in [0.1, 0.15) is 100 Å². The van der Waals surface area contributed by atoms with Crippen molar-refractivity contribution in [1.29, 1.82) is 0 Å². The topological polar surface area (TPSA) is 46.0 Å². The molecular formula is C55H53N5OPt+2. The van der Waals surface area contributed by atoms with Crippen LogP contribution < -0.4 is 13.9 Å². The van der Waals surface area contributed by atoms with E-state index in [0.29, 0.717) is 22.9 Å². The van der Waals surface area contributed by atoms with Crippen molar-refractivity contribution in [2.24, 2.45) is 0 Å². The summed E-state index contributed by atoms with van der Waals surface area (Å²) in [5.74, 6) is 1.70. The first-order valence-corrected chi connectivity index (χ1v) is 20.9. The van der Waals surface area contributed by atoms with Crippen LogP contribution in [0.5, 0.6) is 11.5 Å². The fourth-order valence-electron chi connectivity index (χ4n) is 8.72. The van der Waals surface area contributed by atoms with Crippen LogP contribution in [0.2, 0.25) is 0 Å². The van der Waals surface area contributed by atoms with Gasteiger partial charge >= 0.3 is 27.1 Å². The Hall–Kier alpha value is -5.93. The van der Waals surface area contributed by atoms with E-state index in [-0.39, 0.29) is 67.7 Å². The molecule has 0 radical (unpaired) electrons.